The molecule has 3 rings (SSSR count). The van der Waals surface area contributed by atoms with Crippen molar-refractivity contribution in [3.05, 3.63) is 29.8 Å². The van der Waals surface area contributed by atoms with E-state index in [9.17, 15) is 0 Å². The van der Waals surface area contributed by atoms with Gasteiger partial charge in [0.1, 0.15) is 0 Å². The molecule has 1 aromatic carbocycles. The van der Waals surface area contributed by atoms with Gasteiger partial charge >= 0.3 is 0 Å². The molecule has 0 spiro atoms. The minimum absolute atomic E-state index is 0.390. The number of anilines is 1. The van der Waals surface area contributed by atoms with Crippen LogP contribution >= 0.6 is 0 Å². The molecule has 0 aromatic heterocycles. The van der Waals surface area contributed by atoms with E-state index in [1.54, 1.807) is 0 Å². The number of nitrogens with two attached hydrogens (primary N) is 1. The van der Waals surface area contributed by atoms with Gasteiger partial charge in [-0.15, -0.1) is 0 Å². The van der Waals surface area contributed by atoms with Crippen LogP contribution in [-0.2, 0) is 10.2 Å². The quantitative estimate of drug-likeness (QED) is 0.845. The van der Waals surface area contributed by atoms with Gasteiger partial charge in [0.15, 0.2) is 0 Å². The normalized spacial score (nSPS) is 22.6. The smallest absolute Gasteiger partial charge is 0.0480 e. The maximum absolute atomic E-state index is 5.78. The zero-order chi connectivity index (χ0) is 13.3. The third-order valence-electron chi connectivity index (χ3n) is 4.74. The Kier molecular flexibility index (Phi) is 3.50. The van der Waals surface area contributed by atoms with Crippen LogP contribution in [0.3, 0.4) is 0 Å². The lowest BCUT2D eigenvalue weighted by Gasteiger charge is -2.34. The largest absolute Gasteiger partial charge is 0.399 e. The molecule has 2 N–H and O–H groups in total. The van der Waals surface area contributed by atoms with Gasteiger partial charge in [0.05, 0.1) is 0 Å². The van der Waals surface area contributed by atoms with E-state index < -0.39 is 0 Å². The average molecular weight is 260 g/mol. The molecule has 0 unspecified atom stereocenters. The van der Waals surface area contributed by atoms with Crippen molar-refractivity contribution in [2.45, 2.75) is 37.1 Å². The van der Waals surface area contributed by atoms with Crippen LogP contribution < -0.4 is 5.73 Å². The maximum atomic E-state index is 5.78. The molecule has 0 bridgehead atoms. The molecular formula is C16H24N2O. The lowest BCUT2D eigenvalue weighted by atomic mass is 9.94. The second kappa shape index (κ2) is 5.14. The van der Waals surface area contributed by atoms with E-state index in [4.69, 9.17) is 10.5 Å². The molecular weight excluding hydrogens is 236 g/mol. The number of nitrogen functional groups attached to an aromatic ring is 1. The van der Waals surface area contributed by atoms with E-state index in [2.05, 4.69) is 24.1 Å². The fourth-order valence-corrected chi connectivity index (χ4v) is 3.26. The third-order valence-corrected chi connectivity index (χ3v) is 4.74. The Morgan fingerprint density at radius 2 is 1.84 bits per heavy atom. The summed E-state index contributed by atoms with van der Waals surface area (Å²) in [4.78, 5) is 2.55. The Morgan fingerprint density at radius 3 is 2.42 bits per heavy atom. The summed E-state index contributed by atoms with van der Waals surface area (Å²) >= 11 is 0. The van der Waals surface area contributed by atoms with Gasteiger partial charge in [0.25, 0.3) is 0 Å². The molecule has 2 aliphatic rings. The lowest BCUT2D eigenvalue weighted by molar-refractivity contribution is 0.0402. The molecule has 1 heterocycles. The number of rotatable bonds is 4. The van der Waals surface area contributed by atoms with Gasteiger partial charge in [-0.05, 0) is 50.4 Å². The number of hydrogen-bond donors (Lipinski definition) is 1. The second-order valence-corrected chi connectivity index (χ2v) is 6.16. The second-order valence-electron chi connectivity index (χ2n) is 6.16. The molecule has 0 atom stereocenters. The Morgan fingerprint density at radius 1 is 1.21 bits per heavy atom. The summed E-state index contributed by atoms with van der Waals surface area (Å²) in [5, 5.41) is 0. The highest BCUT2D eigenvalue weighted by Crippen LogP contribution is 2.49. The molecule has 104 valence electrons. The van der Waals surface area contributed by atoms with Crippen molar-refractivity contribution in [2.24, 2.45) is 0 Å². The van der Waals surface area contributed by atoms with Crippen LogP contribution in [-0.4, -0.2) is 37.7 Å². The highest BCUT2D eigenvalue weighted by atomic mass is 16.5. The van der Waals surface area contributed by atoms with Gasteiger partial charge in [-0.25, -0.2) is 0 Å². The van der Waals surface area contributed by atoms with Crippen LogP contribution in [0.5, 0.6) is 0 Å². The SMILES string of the molecule is CN(CC1(c2ccc(N)cc2)CC1)C1CCOCC1. The van der Waals surface area contributed by atoms with Gasteiger partial charge in [-0.2, -0.15) is 0 Å². The van der Waals surface area contributed by atoms with E-state index in [0.29, 0.717) is 11.5 Å². The van der Waals surface area contributed by atoms with Crippen LogP contribution in [0.2, 0.25) is 0 Å². The van der Waals surface area contributed by atoms with Crippen molar-refractivity contribution in [3.63, 3.8) is 0 Å². The van der Waals surface area contributed by atoms with E-state index >= 15 is 0 Å². The predicted molar refractivity (Wildman–Crippen MR) is 78.2 cm³/mol. The van der Waals surface area contributed by atoms with E-state index in [1.807, 2.05) is 12.1 Å². The van der Waals surface area contributed by atoms with Gasteiger partial charge in [0, 0.05) is 36.9 Å². The van der Waals surface area contributed by atoms with Crippen molar-refractivity contribution < 1.29 is 4.74 Å². The molecule has 0 radical (unpaired) electrons. The Hall–Kier alpha value is -1.06. The highest BCUT2D eigenvalue weighted by Gasteiger charge is 2.45. The topological polar surface area (TPSA) is 38.5 Å². The van der Waals surface area contributed by atoms with Crippen molar-refractivity contribution in [2.75, 3.05) is 32.5 Å². The molecule has 1 aliphatic heterocycles. The Labute approximate surface area is 115 Å². The summed E-state index contributed by atoms with van der Waals surface area (Å²) in [6.07, 6.45) is 4.97. The van der Waals surface area contributed by atoms with Crippen molar-refractivity contribution in [3.8, 4) is 0 Å². The molecule has 0 amide bonds. The fraction of sp³-hybridized carbons (Fsp3) is 0.625. The Balaban J connectivity index is 1.66. The standard InChI is InChI=1S/C16H24N2O/c1-18(15-6-10-19-11-7-15)12-16(8-9-16)13-2-4-14(17)5-3-13/h2-5,15H,6-12,17H2,1H3. The molecule has 1 aromatic rings. The summed E-state index contributed by atoms with van der Waals surface area (Å²) in [5.41, 5.74) is 8.49. The Bertz CT molecular complexity index is 419. The third kappa shape index (κ3) is 2.77. The van der Waals surface area contributed by atoms with Gasteiger partial charge < -0.3 is 15.4 Å². The average Bonchev–Trinajstić information content (AvgIpc) is 3.21. The summed E-state index contributed by atoms with van der Waals surface area (Å²) in [5.74, 6) is 0. The highest BCUT2D eigenvalue weighted by molar-refractivity contribution is 5.43. The van der Waals surface area contributed by atoms with Gasteiger partial charge in [-0.3, -0.25) is 0 Å². The summed E-state index contributed by atoms with van der Waals surface area (Å²) < 4.78 is 5.45. The number of nitrogens with zero attached hydrogens (tertiary/aromatic N) is 1. The zero-order valence-electron chi connectivity index (χ0n) is 11.8. The van der Waals surface area contributed by atoms with Gasteiger partial charge in [-0.1, -0.05) is 12.1 Å². The molecule has 3 nitrogen and oxygen atoms in total. The van der Waals surface area contributed by atoms with Crippen LogP contribution in [0.15, 0.2) is 24.3 Å². The molecule has 19 heavy (non-hydrogen) atoms. The van der Waals surface area contributed by atoms with E-state index in [-0.39, 0.29) is 0 Å². The molecule has 1 aliphatic carbocycles. The minimum Gasteiger partial charge on any atom is -0.399 e. The number of ether oxygens (including phenoxy) is 1. The first kappa shape index (κ1) is 12.9. The molecule has 1 saturated carbocycles. The fourth-order valence-electron chi connectivity index (χ4n) is 3.26. The van der Waals surface area contributed by atoms with Gasteiger partial charge in [0.2, 0.25) is 0 Å². The van der Waals surface area contributed by atoms with E-state index in [1.165, 1.54) is 37.8 Å². The number of benzene rings is 1. The van der Waals surface area contributed by atoms with Crippen molar-refractivity contribution in [1.29, 1.82) is 0 Å². The van der Waals surface area contributed by atoms with Crippen LogP contribution in [0.1, 0.15) is 31.2 Å². The monoisotopic (exact) mass is 260 g/mol. The molecule has 3 heteroatoms. The first-order valence-electron chi connectivity index (χ1n) is 7.34. The van der Waals surface area contributed by atoms with E-state index in [0.717, 1.165) is 18.9 Å². The van der Waals surface area contributed by atoms with Crippen LogP contribution in [0, 0.1) is 0 Å². The summed E-state index contributed by atoms with van der Waals surface area (Å²) in [6.45, 7) is 3.01. The van der Waals surface area contributed by atoms with Crippen molar-refractivity contribution >= 4 is 5.69 Å². The first-order chi connectivity index (χ1) is 9.20. The number of hydrogen-bond acceptors (Lipinski definition) is 3. The first-order valence-corrected chi connectivity index (χ1v) is 7.34. The maximum Gasteiger partial charge on any atom is 0.0480 e. The van der Waals surface area contributed by atoms with Crippen LogP contribution in [0.25, 0.3) is 0 Å². The predicted octanol–water partition coefficient (Wildman–Crippen LogP) is 2.41. The lowest BCUT2D eigenvalue weighted by Crippen LogP contribution is -2.40. The van der Waals surface area contributed by atoms with Crippen LogP contribution in [0.4, 0.5) is 5.69 Å². The number of likely N-dealkylation sites (N-methyl/N-ethyl adjacent to an activating group) is 1. The minimum atomic E-state index is 0.390. The zero-order valence-corrected chi connectivity index (χ0v) is 11.8. The summed E-state index contributed by atoms with van der Waals surface area (Å²) in [6, 6.07) is 9.17. The van der Waals surface area contributed by atoms with Crippen molar-refractivity contribution in [1.82, 2.24) is 4.90 Å². The molecule has 1 saturated heterocycles. The molecule has 2 fully saturated rings. The summed E-state index contributed by atoms with van der Waals surface area (Å²) in [7, 11) is 2.27.